The fraction of sp³-hybridized carbons (Fsp3) is 0.188. The Morgan fingerprint density at radius 1 is 1.05 bits per heavy atom. The van der Waals surface area contributed by atoms with Crippen molar-refractivity contribution in [3.05, 3.63) is 65.5 Å². The SMILES string of the molecule is CNCc1cccc(Cc2ccc3ncoc3c2)c1. The Hall–Kier alpha value is -2.13. The van der Waals surface area contributed by atoms with Crippen LogP contribution in [0.25, 0.3) is 11.1 Å². The molecule has 0 amide bonds. The topological polar surface area (TPSA) is 38.1 Å². The van der Waals surface area contributed by atoms with E-state index in [9.17, 15) is 0 Å². The Morgan fingerprint density at radius 3 is 2.79 bits per heavy atom. The lowest BCUT2D eigenvalue weighted by molar-refractivity contribution is 0.602. The highest BCUT2D eigenvalue weighted by atomic mass is 16.3. The van der Waals surface area contributed by atoms with E-state index in [-0.39, 0.29) is 0 Å². The van der Waals surface area contributed by atoms with Crippen LogP contribution in [0.15, 0.2) is 53.3 Å². The zero-order valence-corrected chi connectivity index (χ0v) is 10.9. The van der Waals surface area contributed by atoms with E-state index in [1.807, 2.05) is 13.1 Å². The van der Waals surface area contributed by atoms with Gasteiger partial charge in [-0.2, -0.15) is 0 Å². The van der Waals surface area contributed by atoms with Crippen LogP contribution >= 0.6 is 0 Å². The third kappa shape index (κ3) is 2.66. The molecule has 0 radical (unpaired) electrons. The minimum atomic E-state index is 0.851. The summed E-state index contributed by atoms with van der Waals surface area (Å²) in [6, 6.07) is 14.8. The van der Waals surface area contributed by atoms with Crippen molar-refractivity contribution >= 4 is 11.1 Å². The van der Waals surface area contributed by atoms with Crippen LogP contribution < -0.4 is 5.32 Å². The van der Waals surface area contributed by atoms with Crippen molar-refractivity contribution in [3.8, 4) is 0 Å². The van der Waals surface area contributed by atoms with Gasteiger partial charge in [-0.25, -0.2) is 4.98 Å². The quantitative estimate of drug-likeness (QED) is 0.775. The normalized spacial score (nSPS) is 11.0. The molecule has 0 atom stereocenters. The first kappa shape index (κ1) is 11.9. The third-order valence-corrected chi connectivity index (χ3v) is 3.18. The third-order valence-electron chi connectivity index (χ3n) is 3.18. The molecule has 1 heterocycles. The minimum Gasteiger partial charge on any atom is -0.443 e. The summed E-state index contributed by atoms with van der Waals surface area (Å²) in [5, 5.41) is 3.17. The lowest BCUT2D eigenvalue weighted by Gasteiger charge is -2.05. The monoisotopic (exact) mass is 252 g/mol. The first-order chi connectivity index (χ1) is 9.35. The zero-order chi connectivity index (χ0) is 13.1. The Labute approximate surface area is 112 Å². The van der Waals surface area contributed by atoms with Crippen LogP contribution in [0.4, 0.5) is 0 Å². The van der Waals surface area contributed by atoms with Gasteiger partial charge in [-0.3, -0.25) is 0 Å². The Bertz CT molecular complexity index is 688. The number of hydrogen-bond donors (Lipinski definition) is 1. The van der Waals surface area contributed by atoms with Crippen molar-refractivity contribution in [2.45, 2.75) is 13.0 Å². The molecule has 19 heavy (non-hydrogen) atoms. The second-order valence-electron chi connectivity index (χ2n) is 4.68. The van der Waals surface area contributed by atoms with Crippen LogP contribution in [-0.4, -0.2) is 12.0 Å². The van der Waals surface area contributed by atoms with Gasteiger partial charge in [0, 0.05) is 6.54 Å². The van der Waals surface area contributed by atoms with Gasteiger partial charge in [0.05, 0.1) is 0 Å². The summed E-state index contributed by atoms with van der Waals surface area (Å²) in [6.45, 7) is 0.898. The zero-order valence-electron chi connectivity index (χ0n) is 10.9. The Kier molecular flexibility index (Phi) is 3.29. The van der Waals surface area contributed by atoms with Crippen LogP contribution in [0.1, 0.15) is 16.7 Å². The molecule has 3 heteroatoms. The molecule has 0 aliphatic carbocycles. The molecule has 3 aromatic rings. The average Bonchev–Trinajstić information content (AvgIpc) is 2.87. The molecule has 0 fully saturated rings. The molecule has 0 saturated heterocycles. The van der Waals surface area contributed by atoms with Gasteiger partial charge in [0.15, 0.2) is 12.0 Å². The van der Waals surface area contributed by atoms with Crippen molar-refractivity contribution in [3.63, 3.8) is 0 Å². The molecule has 96 valence electrons. The second-order valence-corrected chi connectivity index (χ2v) is 4.68. The molecule has 0 unspecified atom stereocenters. The number of aromatic nitrogens is 1. The van der Waals surface area contributed by atoms with E-state index in [4.69, 9.17) is 4.42 Å². The lowest BCUT2D eigenvalue weighted by atomic mass is 10.0. The first-order valence-electron chi connectivity index (χ1n) is 6.40. The molecule has 0 spiro atoms. The van der Waals surface area contributed by atoms with Gasteiger partial charge in [-0.05, 0) is 42.3 Å². The van der Waals surface area contributed by atoms with Gasteiger partial charge >= 0.3 is 0 Å². The van der Waals surface area contributed by atoms with E-state index in [0.717, 1.165) is 24.1 Å². The summed E-state index contributed by atoms with van der Waals surface area (Å²) in [5.74, 6) is 0. The fourth-order valence-corrected chi connectivity index (χ4v) is 2.30. The predicted octanol–water partition coefficient (Wildman–Crippen LogP) is 3.14. The summed E-state index contributed by atoms with van der Waals surface area (Å²) < 4.78 is 5.34. The maximum Gasteiger partial charge on any atom is 0.181 e. The van der Waals surface area contributed by atoms with E-state index in [0.29, 0.717) is 0 Å². The minimum absolute atomic E-state index is 0.851. The number of oxazole rings is 1. The highest BCUT2D eigenvalue weighted by molar-refractivity contribution is 5.72. The summed E-state index contributed by atoms with van der Waals surface area (Å²) >= 11 is 0. The van der Waals surface area contributed by atoms with Gasteiger partial charge in [-0.1, -0.05) is 30.3 Å². The van der Waals surface area contributed by atoms with E-state index < -0.39 is 0 Å². The average molecular weight is 252 g/mol. The van der Waals surface area contributed by atoms with Crippen molar-refractivity contribution in [2.24, 2.45) is 0 Å². The molecular formula is C16H16N2O. The molecule has 0 saturated carbocycles. The molecule has 3 rings (SSSR count). The smallest absolute Gasteiger partial charge is 0.181 e. The number of nitrogens with one attached hydrogen (secondary N) is 1. The van der Waals surface area contributed by atoms with Crippen LogP contribution in [0.5, 0.6) is 0 Å². The standard InChI is InChI=1S/C16H16N2O/c1-17-10-14-4-2-3-12(8-14)7-13-5-6-15-16(9-13)19-11-18-15/h2-6,8-9,11,17H,7,10H2,1H3. The van der Waals surface area contributed by atoms with Gasteiger partial charge in [0.25, 0.3) is 0 Å². The summed E-state index contributed by atoms with van der Waals surface area (Å²) in [5.41, 5.74) is 5.62. The van der Waals surface area contributed by atoms with Gasteiger partial charge in [-0.15, -0.1) is 0 Å². The summed E-state index contributed by atoms with van der Waals surface area (Å²) in [7, 11) is 1.96. The van der Waals surface area contributed by atoms with Crippen molar-refractivity contribution in [2.75, 3.05) is 7.05 Å². The van der Waals surface area contributed by atoms with Gasteiger partial charge in [0.1, 0.15) is 5.52 Å². The maximum atomic E-state index is 5.34. The molecule has 1 aromatic heterocycles. The Morgan fingerprint density at radius 2 is 1.89 bits per heavy atom. The number of benzene rings is 2. The van der Waals surface area contributed by atoms with Gasteiger partial charge < -0.3 is 9.73 Å². The van der Waals surface area contributed by atoms with Crippen LogP contribution in [0.3, 0.4) is 0 Å². The predicted molar refractivity (Wildman–Crippen MR) is 76.0 cm³/mol. The molecule has 0 aliphatic rings. The molecule has 0 aliphatic heterocycles. The van der Waals surface area contributed by atoms with Gasteiger partial charge in [0.2, 0.25) is 0 Å². The van der Waals surface area contributed by atoms with E-state index in [1.54, 1.807) is 0 Å². The number of rotatable bonds is 4. The fourth-order valence-electron chi connectivity index (χ4n) is 2.30. The summed E-state index contributed by atoms with van der Waals surface area (Å²) in [6.07, 6.45) is 2.40. The van der Waals surface area contributed by atoms with Crippen molar-refractivity contribution in [1.82, 2.24) is 10.3 Å². The highest BCUT2D eigenvalue weighted by Gasteiger charge is 2.02. The second kappa shape index (κ2) is 5.24. The largest absolute Gasteiger partial charge is 0.443 e. The Balaban J connectivity index is 1.85. The molecule has 2 aromatic carbocycles. The van der Waals surface area contributed by atoms with E-state index in [2.05, 4.69) is 46.7 Å². The molecule has 0 bridgehead atoms. The first-order valence-corrected chi connectivity index (χ1v) is 6.40. The maximum absolute atomic E-state index is 5.34. The summed E-state index contributed by atoms with van der Waals surface area (Å²) in [4.78, 5) is 4.13. The molecule has 3 nitrogen and oxygen atoms in total. The molecular weight excluding hydrogens is 236 g/mol. The molecule has 1 N–H and O–H groups in total. The van der Waals surface area contributed by atoms with E-state index in [1.165, 1.54) is 23.1 Å². The van der Waals surface area contributed by atoms with Crippen molar-refractivity contribution < 1.29 is 4.42 Å². The number of hydrogen-bond acceptors (Lipinski definition) is 3. The lowest BCUT2D eigenvalue weighted by Crippen LogP contribution is -2.05. The van der Waals surface area contributed by atoms with Crippen LogP contribution in [-0.2, 0) is 13.0 Å². The number of nitrogens with zero attached hydrogens (tertiary/aromatic N) is 1. The highest BCUT2D eigenvalue weighted by Crippen LogP contribution is 2.17. The van der Waals surface area contributed by atoms with Crippen LogP contribution in [0, 0.1) is 0 Å². The van der Waals surface area contributed by atoms with Crippen LogP contribution in [0.2, 0.25) is 0 Å². The van der Waals surface area contributed by atoms with E-state index >= 15 is 0 Å². The number of fused-ring (bicyclic) bond motifs is 1. The van der Waals surface area contributed by atoms with Crippen molar-refractivity contribution in [1.29, 1.82) is 0 Å².